The molecular weight excluding hydrogens is 380 g/mol. The highest BCUT2D eigenvalue weighted by atomic mass is 16.3. The quantitative estimate of drug-likeness (QED) is 0.484. The van der Waals surface area contributed by atoms with E-state index < -0.39 is 11.5 Å². The lowest BCUT2D eigenvalue weighted by atomic mass is 10.0. The van der Waals surface area contributed by atoms with Crippen molar-refractivity contribution in [3.05, 3.63) is 59.9 Å². The first-order chi connectivity index (χ1) is 14.3. The summed E-state index contributed by atoms with van der Waals surface area (Å²) in [6.07, 6.45) is 2.69. The first-order valence-electron chi connectivity index (χ1n) is 9.36. The number of primary amides is 1. The van der Waals surface area contributed by atoms with Crippen LogP contribution in [0.25, 0.3) is 22.2 Å². The zero-order valence-electron chi connectivity index (χ0n) is 16.8. The number of fused-ring (bicyclic) bond motifs is 1. The van der Waals surface area contributed by atoms with E-state index >= 15 is 0 Å². The Labute approximate surface area is 174 Å². The Balaban J connectivity index is 1.97. The van der Waals surface area contributed by atoms with E-state index in [9.17, 15) is 14.7 Å². The van der Waals surface area contributed by atoms with Gasteiger partial charge in [0.1, 0.15) is 11.3 Å². The van der Waals surface area contributed by atoms with Gasteiger partial charge >= 0.3 is 0 Å². The van der Waals surface area contributed by atoms with Crippen LogP contribution in [0.15, 0.2) is 48.7 Å². The summed E-state index contributed by atoms with van der Waals surface area (Å²) in [7, 11) is 1.64. The van der Waals surface area contributed by atoms with Gasteiger partial charge in [-0.1, -0.05) is 30.0 Å². The van der Waals surface area contributed by atoms with Gasteiger partial charge in [0.15, 0.2) is 0 Å². The van der Waals surface area contributed by atoms with E-state index in [-0.39, 0.29) is 5.69 Å². The molecule has 0 fully saturated rings. The first-order valence-corrected chi connectivity index (χ1v) is 9.36. The number of rotatable bonds is 6. The number of carbonyl (C=O) groups is 2. The van der Waals surface area contributed by atoms with Gasteiger partial charge in [-0.3, -0.25) is 14.6 Å². The topological polar surface area (TPSA) is 109 Å². The van der Waals surface area contributed by atoms with E-state index in [4.69, 9.17) is 5.73 Å². The standard InChI is InChI=1S/C23H22N4O3/c1-23(30,10-12-27(2)15-28)9-8-16-5-3-6-17(13-16)21-20-18(7-4-11-25-20)14-19(26-21)22(24)29/h3-7,11,13-15,30H,10,12H2,1-2H3,(H2,24,29)/t23-/m0/s1. The summed E-state index contributed by atoms with van der Waals surface area (Å²) >= 11 is 0. The summed E-state index contributed by atoms with van der Waals surface area (Å²) in [6, 6.07) is 12.6. The van der Waals surface area contributed by atoms with Crippen molar-refractivity contribution in [3.63, 3.8) is 0 Å². The van der Waals surface area contributed by atoms with Crippen LogP contribution in [0.2, 0.25) is 0 Å². The van der Waals surface area contributed by atoms with E-state index in [1.807, 2.05) is 30.3 Å². The Hall–Kier alpha value is -3.76. The maximum atomic E-state index is 11.7. The lowest BCUT2D eigenvalue weighted by Gasteiger charge is -2.19. The molecule has 0 aliphatic rings. The van der Waals surface area contributed by atoms with Gasteiger partial charge in [-0.2, -0.15) is 0 Å². The van der Waals surface area contributed by atoms with Crippen molar-refractivity contribution in [1.29, 1.82) is 0 Å². The predicted molar refractivity (Wildman–Crippen MR) is 114 cm³/mol. The van der Waals surface area contributed by atoms with Gasteiger partial charge < -0.3 is 15.7 Å². The molecule has 0 saturated heterocycles. The molecule has 3 aromatic rings. The Kier molecular flexibility index (Phi) is 6.09. The molecule has 0 spiro atoms. The van der Waals surface area contributed by atoms with E-state index in [1.165, 1.54) is 4.90 Å². The Morgan fingerprint density at radius 2 is 2.10 bits per heavy atom. The van der Waals surface area contributed by atoms with E-state index in [0.29, 0.717) is 36.1 Å². The van der Waals surface area contributed by atoms with Crippen molar-refractivity contribution in [2.45, 2.75) is 18.9 Å². The van der Waals surface area contributed by atoms with Gasteiger partial charge in [0.25, 0.3) is 5.91 Å². The number of aromatic nitrogens is 2. The minimum absolute atomic E-state index is 0.157. The third-order valence-corrected chi connectivity index (χ3v) is 4.58. The van der Waals surface area contributed by atoms with Crippen LogP contribution >= 0.6 is 0 Å². The Morgan fingerprint density at radius 3 is 2.83 bits per heavy atom. The molecule has 3 rings (SSSR count). The average molecular weight is 402 g/mol. The summed E-state index contributed by atoms with van der Waals surface area (Å²) in [4.78, 5) is 32.7. The minimum atomic E-state index is -1.24. The van der Waals surface area contributed by atoms with Gasteiger partial charge in [-0.05, 0) is 31.2 Å². The summed E-state index contributed by atoms with van der Waals surface area (Å²) in [5.74, 6) is 5.21. The number of nitrogens with zero attached hydrogens (tertiary/aromatic N) is 3. The Morgan fingerprint density at radius 1 is 1.30 bits per heavy atom. The van der Waals surface area contributed by atoms with Crippen LogP contribution in [0.5, 0.6) is 0 Å². The van der Waals surface area contributed by atoms with E-state index in [1.54, 1.807) is 32.3 Å². The van der Waals surface area contributed by atoms with Crippen molar-refractivity contribution in [1.82, 2.24) is 14.9 Å². The third-order valence-electron chi connectivity index (χ3n) is 4.58. The monoisotopic (exact) mass is 402 g/mol. The van der Waals surface area contributed by atoms with E-state index in [0.717, 1.165) is 10.9 Å². The summed E-state index contributed by atoms with van der Waals surface area (Å²) < 4.78 is 0. The van der Waals surface area contributed by atoms with Crippen LogP contribution in [0.4, 0.5) is 0 Å². The highest BCUT2D eigenvalue weighted by molar-refractivity contribution is 5.99. The first kappa shape index (κ1) is 21.0. The highest BCUT2D eigenvalue weighted by Gasteiger charge is 2.17. The highest BCUT2D eigenvalue weighted by Crippen LogP contribution is 2.26. The zero-order chi connectivity index (χ0) is 21.7. The maximum Gasteiger partial charge on any atom is 0.267 e. The minimum Gasteiger partial charge on any atom is -0.378 e. The second-order valence-electron chi connectivity index (χ2n) is 7.24. The van der Waals surface area contributed by atoms with Crippen molar-refractivity contribution in [3.8, 4) is 23.1 Å². The second-order valence-corrected chi connectivity index (χ2v) is 7.24. The molecule has 2 aromatic heterocycles. The molecule has 0 saturated carbocycles. The molecule has 2 amide bonds. The fraction of sp³-hybridized carbons (Fsp3) is 0.217. The van der Waals surface area contributed by atoms with Gasteiger partial charge in [-0.25, -0.2) is 4.98 Å². The smallest absolute Gasteiger partial charge is 0.267 e. The van der Waals surface area contributed by atoms with Crippen LogP contribution in [0, 0.1) is 11.8 Å². The van der Waals surface area contributed by atoms with Crippen LogP contribution in [-0.2, 0) is 4.79 Å². The van der Waals surface area contributed by atoms with Crippen molar-refractivity contribution in [2.24, 2.45) is 5.73 Å². The van der Waals surface area contributed by atoms with Crippen LogP contribution in [0.3, 0.4) is 0 Å². The normalized spacial score (nSPS) is 12.5. The van der Waals surface area contributed by atoms with Gasteiger partial charge in [-0.15, -0.1) is 0 Å². The van der Waals surface area contributed by atoms with Crippen molar-refractivity contribution in [2.75, 3.05) is 13.6 Å². The molecule has 2 heterocycles. The fourth-order valence-electron chi connectivity index (χ4n) is 2.87. The largest absolute Gasteiger partial charge is 0.378 e. The SMILES string of the molecule is CN(C=O)CC[C@@](C)(O)C#Cc1cccc(-c2nc(C(N)=O)cc3cccnc23)c1. The zero-order valence-corrected chi connectivity index (χ0v) is 16.8. The number of benzene rings is 1. The van der Waals surface area contributed by atoms with E-state index in [2.05, 4.69) is 21.8 Å². The molecule has 0 radical (unpaired) electrons. The fourth-order valence-corrected chi connectivity index (χ4v) is 2.87. The molecule has 0 aliphatic carbocycles. The number of hydrogen-bond donors (Lipinski definition) is 2. The number of nitrogens with two attached hydrogens (primary N) is 1. The average Bonchev–Trinajstić information content (AvgIpc) is 2.75. The van der Waals surface area contributed by atoms with Crippen molar-refractivity contribution < 1.29 is 14.7 Å². The number of carbonyl (C=O) groups excluding carboxylic acids is 2. The van der Waals surface area contributed by atoms with Gasteiger partial charge in [0.05, 0.1) is 11.2 Å². The summed E-state index contributed by atoms with van der Waals surface area (Å²) in [6.45, 7) is 2.00. The molecule has 3 N–H and O–H groups in total. The van der Waals surface area contributed by atoms with Crippen LogP contribution < -0.4 is 5.73 Å². The second kappa shape index (κ2) is 8.72. The molecule has 7 heteroatoms. The van der Waals surface area contributed by atoms with Gasteiger partial charge in [0.2, 0.25) is 6.41 Å². The maximum absolute atomic E-state index is 11.7. The summed E-state index contributed by atoms with van der Waals surface area (Å²) in [5, 5.41) is 11.2. The third kappa shape index (κ3) is 4.99. The lowest BCUT2D eigenvalue weighted by molar-refractivity contribution is -0.117. The molecule has 1 aromatic carbocycles. The molecule has 1 atom stereocenters. The molecule has 7 nitrogen and oxygen atoms in total. The number of hydrogen-bond acceptors (Lipinski definition) is 5. The molecule has 152 valence electrons. The Bertz CT molecular complexity index is 1160. The molecule has 0 unspecified atom stereocenters. The number of amides is 2. The van der Waals surface area contributed by atoms with Crippen LogP contribution in [-0.4, -0.2) is 51.5 Å². The summed E-state index contributed by atoms with van der Waals surface area (Å²) in [5.41, 5.74) is 6.94. The molecule has 0 bridgehead atoms. The van der Waals surface area contributed by atoms with Crippen molar-refractivity contribution >= 4 is 23.2 Å². The molecular formula is C23H22N4O3. The number of aliphatic hydroxyl groups is 1. The number of pyridine rings is 2. The van der Waals surface area contributed by atoms with Crippen LogP contribution in [0.1, 0.15) is 29.4 Å². The molecule has 0 aliphatic heterocycles. The predicted octanol–water partition coefficient (Wildman–Crippen LogP) is 1.98. The molecule has 30 heavy (non-hydrogen) atoms. The lowest BCUT2D eigenvalue weighted by Crippen LogP contribution is -2.29. The van der Waals surface area contributed by atoms with Gasteiger partial charge in [0, 0.05) is 42.7 Å².